The fourth-order valence-corrected chi connectivity index (χ4v) is 1.47. The van der Waals surface area contributed by atoms with Crippen LogP contribution in [0.3, 0.4) is 0 Å². The first-order chi connectivity index (χ1) is 5.79. The lowest BCUT2D eigenvalue weighted by Gasteiger charge is -2.15. The van der Waals surface area contributed by atoms with Crippen LogP contribution in [0.4, 0.5) is 5.82 Å². The lowest BCUT2D eigenvalue weighted by Crippen LogP contribution is -2.14. The van der Waals surface area contributed by atoms with Gasteiger partial charge in [0.25, 0.3) is 0 Å². The molecule has 0 unspecified atom stereocenters. The van der Waals surface area contributed by atoms with Gasteiger partial charge in [0, 0.05) is 31.8 Å². The summed E-state index contributed by atoms with van der Waals surface area (Å²) in [5.74, 6) is 1.00. The Morgan fingerprint density at radius 3 is 3.08 bits per heavy atom. The zero-order chi connectivity index (χ0) is 8.55. The maximum atomic E-state index is 5.36. The summed E-state index contributed by atoms with van der Waals surface area (Å²) in [7, 11) is 3.98. The Labute approximate surface area is 71.5 Å². The van der Waals surface area contributed by atoms with Crippen LogP contribution in [-0.2, 0) is 17.8 Å². The first-order valence-electron chi connectivity index (χ1n) is 4.10. The van der Waals surface area contributed by atoms with Crippen LogP contribution in [0.5, 0.6) is 0 Å². The number of aromatic amines is 1. The molecule has 12 heavy (non-hydrogen) atoms. The van der Waals surface area contributed by atoms with Gasteiger partial charge in [0.1, 0.15) is 0 Å². The normalized spacial score (nSPS) is 15.8. The third-order valence-electron chi connectivity index (χ3n) is 2.10. The highest BCUT2D eigenvalue weighted by Gasteiger charge is 2.17. The molecular weight excluding hydrogens is 154 g/mol. The second-order valence-electron chi connectivity index (χ2n) is 3.20. The van der Waals surface area contributed by atoms with E-state index >= 15 is 0 Å². The van der Waals surface area contributed by atoms with Crippen molar-refractivity contribution in [2.75, 3.05) is 25.6 Å². The maximum absolute atomic E-state index is 5.36. The predicted octanol–water partition coefficient (Wildman–Crippen LogP) is 0.548. The topological polar surface area (TPSA) is 41.2 Å². The van der Waals surface area contributed by atoms with Crippen LogP contribution in [0.2, 0.25) is 0 Å². The molecule has 0 aliphatic carbocycles. The number of H-pyrrole nitrogens is 1. The molecule has 1 aromatic rings. The van der Waals surface area contributed by atoms with E-state index < -0.39 is 0 Å². The van der Waals surface area contributed by atoms with Gasteiger partial charge in [0.05, 0.1) is 13.2 Å². The van der Waals surface area contributed by atoms with Gasteiger partial charge in [-0.2, -0.15) is 5.10 Å². The Kier molecular flexibility index (Phi) is 1.77. The zero-order valence-corrected chi connectivity index (χ0v) is 7.42. The van der Waals surface area contributed by atoms with Crippen LogP contribution in [0, 0.1) is 0 Å². The third kappa shape index (κ3) is 1.08. The van der Waals surface area contributed by atoms with Gasteiger partial charge in [-0.3, -0.25) is 5.10 Å². The van der Waals surface area contributed by atoms with E-state index in [1.165, 1.54) is 11.3 Å². The van der Waals surface area contributed by atoms with Crippen LogP contribution < -0.4 is 4.90 Å². The van der Waals surface area contributed by atoms with E-state index in [4.69, 9.17) is 4.74 Å². The minimum absolute atomic E-state index is 0.694. The Morgan fingerprint density at radius 1 is 1.50 bits per heavy atom. The number of anilines is 1. The molecule has 1 aliphatic rings. The number of nitrogens with one attached hydrogen (secondary N) is 1. The van der Waals surface area contributed by atoms with Crippen molar-refractivity contribution in [1.82, 2.24) is 10.2 Å². The van der Waals surface area contributed by atoms with Crippen molar-refractivity contribution >= 4 is 5.82 Å². The first kappa shape index (κ1) is 7.61. The van der Waals surface area contributed by atoms with Crippen molar-refractivity contribution in [1.29, 1.82) is 0 Å². The minimum Gasteiger partial charge on any atom is -0.376 e. The van der Waals surface area contributed by atoms with E-state index in [9.17, 15) is 0 Å². The summed E-state index contributed by atoms with van der Waals surface area (Å²) < 4.78 is 5.36. The van der Waals surface area contributed by atoms with Gasteiger partial charge in [-0.05, 0) is 0 Å². The monoisotopic (exact) mass is 167 g/mol. The molecule has 0 saturated heterocycles. The summed E-state index contributed by atoms with van der Waals surface area (Å²) >= 11 is 0. The van der Waals surface area contributed by atoms with Gasteiger partial charge in [-0.25, -0.2) is 0 Å². The standard InChI is InChI=1S/C8H13N3O/c1-11(2)8-6-5-12-4-3-7(6)9-10-8/h3-5H2,1-2H3,(H,9,10). The fourth-order valence-electron chi connectivity index (χ4n) is 1.47. The lowest BCUT2D eigenvalue weighted by molar-refractivity contribution is 0.110. The number of rotatable bonds is 1. The van der Waals surface area contributed by atoms with E-state index in [0.29, 0.717) is 6.61 Å². The molecule has 0 aromatic carbocycles. The molecule has 4 nitrogen and oxygen atoms in total. The summed E-state index contributed by atoms with van der Waals surface area (Å²) in [6, 6.07) is 0. The van der Waals surface area contributed by atoms with Crippen LogP contribution in [0.25, 0.3) is 0 Å². The number of ether oxygens (including phenoxy) is 1. The SMILES string of the molecule is CN(C)c1n[nH]c2c1COCC2. The van der Waals surface area contributed by atoms with Crippen molar-refractivity contribution < 1.29 is 4.74 Å². The molecule has 0 spiro atoms. The lowest BCUT2D eigenvalue weighted by atomic mass is 10.1. The number of hydrogen-bond donors (Lipinski definition) is 1. The molecule has 0 bridgehead atoms. The van der Waals surface area contributed by atoms with Crippen LogP contribution in [0.1, 0.15) is 11.3 Å². The maximum Gasteiger partial charge on any atom is 0.155 e. The Hall–Kier alpha value is -1.03. The van der Waals surface area contributed by atoms with Crippen molar-refractivity contribution in [3.63, 3.8) is 0 Å². The summed E-state index contributed by atoms with van der Waals surface area (Å²) in [4.78, 5) is 2.00. The van der Waals surface area contributed by atoms with E-state index in [1.54, 1.807) is 0 Å². The van der Waals surface area contributed by atoms with Gasteiger partial charge < -0.3 is 9.64 Å². The quantitative estimate of drug-likeness (QED) is 0.664. The first-order valence-corrected chi connectivity index (χ1v) is 4.10. The van der Waals surface area contributed by atoms with E-state index in [0.717, 1.165) is 18.8 Å². The molecule has 0 atom stereocenters. The fraction of sp³-hybridized carbons (Fsp3) is 0.625. The molecular formula is C8H13N3O. The molecule has 2 rings (SSSR count). The Balaban J connectivity index is 2.38. The Morgan fingerprint density at radius 2 is 2.33 bits per heavy atom. The zero-order valence-electron chi connectivity index (χ0n) is 7.42. The highest BCUT2D eigenvalue weighted by molar-refractivity contribution is 5.48. The summed E-state index contributed by atoms with van der Waals surface area (Å²) in [5.41, 5.74) is 2.44. The van der Waals surface area contributed by atoms with Crippen molar-refractivity contribution in [3.8, 4) is 0 Å². The molecule has 4 heteroatoms. The predicted molar refractivity (Wildman–Crippen MR) is 46.3 cm³/mol. The molecule has 0 radical (unpaired) electrons. The average Bonchev–Trinajstić information content (AvgIpc) is 2.47. The molecule has 1 aromatic heterocycles. The largest absolute Gasteiger partial charge is 0.376 e. The molecule has 1 N–H and O–H groups in total. The van der Waals surface area contributed by atoms with Crippen LogP contribution in [-0.4, -0.2) is 30.9 Å². The summed E-state index contributed by atoms with van der Waals surface area (Å²) in [6.45, 7) is 1.50. The van der Waals surface area contributed by atoms with Gasteiger partial charge in [-0.1, -0.05) is 0 Å². The third-order valence-corrected chi connectivity index (χ3v) is 2.10. The van der Waals surface area contributed by atoms with Crippen LogP contribution >= 0.6 is 0 Å². The van der Waals surface area contributed by atoms with Crippen molar-refractivity contribution in [2.24, 2.45) is 0 Å². The summed E-state index contributed by atoms with van der Waals surface area (Å²) in [5, 5.41) is 7.25. The van der Waals surface area contributed by atoms with Crippen molar-refractivity contribution in [2.45, 2.75) is 13.0 Å². The summed E-state index contributed by atoms with van der Waals surface area (Å²) in [6.07, 6.45) is 0.955. The van der Waals surface area contributed by atoms with E-state index in [1.807, 2.05) is 19.0 Å². The molecule has 66 valence electrons. The highest BCUT2D eigenvalue weighted by atomic mass is 16.5. The van der Waals surface area contributed by atoms with Gasteiger partial charge in [0.2, 0.25) is 0 Å². The van der Waals surface area contributed by atoms with Crippen molar-refractivity contribution in [3.05, 3.63) is 11.3 Å². The molecule has 1 aliphatic heterocycles. The highest BCUT2D eigenvalue weighted by Crippen LogP contribution is 2.23. The molecule has 0 amide bonds. The number of nitrogens with zero attached hydrogens (tertiary/aromatic N) is 2. The Bertz CT molecular complexity index is 280. The van der Waals surface area contributed by atoms with Gasteiger partial charge >= 0.3 is 0 Å². The number of aromatic nitrogens is 2. The second kappa shape index (κ2) is 2.79. The smallest absolute Gasteiger partial charge is 0.155 e. The van der Waals surface area contributed by atoms with E-state index in [-0.39, 0.29) is 0 Å². The molecule has 2 heterocycles. The minimum atomic E-state index is 0.694. The van der Waals surface area contributed by atoms with Gasteiger partial charge in [-0.15, -0.1) is 0 Å². The van der Waals surface area contributed by atoms with Crippen LogP contribution in [0.15, 0.2) is 0 Å². The average molecular weight is 167 g/mol. The second-order valence-corrected chi connectivity index (χ2v) is 3.20. The molecule has 0 fully saturated rings. The van der Waals surface area contributed by atoms with Gasteiger partial charge in [0.15, 0.2) is 5.82 Å². The molecule has 0 saturated carbocycles. The number of fused-ring (bicyclic) bond motifs is 1. The number of hydrogen-bond acceptors (Lipinski definition) is 3. The van der Waals surface area contributed by atoms with E-state index in [2.05, 4.69) is 10.2 Å².